The minimum Gasteiger partial charge on any atom is -0.361 e. The van der Waals surface area contributed by atoms with Crippen LogP contribution in [0.4, 0.5) is 0 Å². The number of aromatic amines is 2. The number of carbonyl (C=O) groups excluding carboxylic acids is 4. The van der Waals surface area contributed by atoms with Crippen LogP contribution in [-0.4, -0.2) is 69.8 Å². The number of hydrogen-bond acceptors (Lipinski definition) is 7. The number of amides is 4. The summed E-state index contributed by atoms with van der Waals surface area (Å²) < 4.78 is 0. The molecule has 2 bridgehead atoms. The molecule has 2 aliphatic rings. The number of nitrogens with zero attached hydrogens (tertiary/aromatic N) is 1. The van der Waals surface area contributed by atoms with Gasteiger partial charge in [-0.05, 0) is 69.2 Å². The van der Waals surface area contributed by atoms with Gasteiger partial charge in [0.15, 0.2) is 0 Å². The van der Waals surface area contributed by atoms with Crippen LogP contribution in [0.3, 0.4) is 0 Å². The van der Waals surface area contributed by atoms with Crippen molar-refractivity contribution in [1.29, 1.82) is 0 Å². The first kappa shape index (κ1) is 37.0. The number of nitrogens with two attached hydrogens (primary N) is 1. The molecule has 2 aliphatic heterocycles. The summed E-state index contributed by atoms with van der Waals surface area (Å²) in [6.07, 6.45) is 5.69. The average molecular weight is 697 g/mol. The minimum absolute atomic E-state index is 0.0645. The zero-order valence-electron chi connectivity index (χ0n) is 29.1. The summed E-state index contributed by atoms with van der Waals surface area (Å²) in [5.74, 6) is -1.83. The molecule has 4 aromatic rings. The van der Waals surface area contributed by atoms with E-state index >= 15 is 0 Å². The Kier molecular flexibility index (Phi) is 13.1. The Balaban J connectivity index is 1.46. The number of H-pyrrole nitrogens is 2. The molecule has 3 atom stereocenters. The second-order valence-electron chi connectivity index (χ2n) is 13.1. The highest BCUT2D eigenvalue weighted by Gasteiger charge is 2.31. The number of aryl methyl sites for hydroxylation is 3. The number of hydrogen-bond donors (Lipinski definition) is 7. The van der Waals surface area contributed by atoms with Crippen LogP contribution in [0.2, 0.25) is 0 Å². The third-order valence-corrected chi connectivity index (χ3v) is 9.25. The standard InChI is InChI=1S/C38H48N8O5/c1-24-28-14-8-10-20-40-35(48)30(16-7-9-19-39)45-38(51)33(22-26-23-41-29-15-6-5-13-27(26)29)46-37(50)32(21-25-11-3-2-4-12-25)43-34(47)18-17-31(42-24)36(49)44-28/h2-6,11-13,15,23,30,32-33,41H,7-10,14,16-22,39H2,1H3,(H,40,48)(H,43,47)(H,44,49)(H,45,51)(H,46,50)/t30-,32-,33+/m0/s1. The molecule has 13 heteroatoms. The molecule has 270 valence electrons. The number of nitrogens with one attached hydrogen (secondary N) is 6. The molecule has 4 amide bonds. The van der Waals surface area contributed by atoms with Gasteiger partial charge in [0, 0.05) is 55.0 Å². The monoisotopic (exact) mass is 696 g/mol. The van der Waals surface area contributed by atoms with Crippen LogP contribution >= 0.6 is 0 Å². The number of fused-ring (bicyclic) bond motifs is 19. The summed E-state index contributed by atoms with van der Waals surface area (Å²) in [6.45, 7) is 2.64. The number of para-hydroxylation sites is 1. The van der Waals surface area contributed by atoms with Gasteiger partial charge in [-0.1, -0.05) is 48.5 Å². The summed E-state index contributed by atoms with van der Waals surface area (Å²) in [4.78, 5) is 78.5. The van der Waals surface area contributed by atoms with Gasteiger partial charge in [-0.15, -0.1) is 0 Å². The maximum Gasteiger partial charge on any atom is 0.269 e. The minimum atomic E-state index is -1.07. The van der Waals surface area contributed by atoms with Gasteiger partial charge in [-0.25, -0.2) is 0 Å². The first-order chi connectivity index (χ1) is 24.7. The molecule has 13 nitrogen and oxygen atoms in total. The molecule has 0 fully saturated rings. The molecule has 2 aromatic carbocycles. The Morgan fingerprint density at radius 1 is 0.765 bits per heavy atom. The van der Waals surface area contributed by atoms with Crippen LogP contribution in [0.5, 0.6) is 0 Å². The number of benzene rings is 2. The van der Waals surface area contributed by atoms with Gasteiger partial charge in [-0.3, -0.25) is 29.0 Å². The second-order valence-corrected chi connectivity index (χ2v) is 13.1. The number of aromatic nitrogens is 3. The van der Waals surface area contributed by atoms with Crippen molar-refractivity contribution in [2.75, 3.05) is 13.1 Å². The highest BCUT2D eigenvalue weighted by molar-refractivity contribution is 5.95. The van der Waals surface area contributed by atoms with Crippen molar-refractivity contribution in [1.82, 2.24) is 36.2 Å². The molecule has 2 aromatic heterocycles. The lowest BCUT2D eigenvalue weighted by atomic mass is 10.0. The summed E-state index contributed by atoms with van der Waals surface area (Å²) in [5.41, 5.74) is 9.50. The fraction of sp³-hybridized carbons (Fsp3) is 0.421. The number of rotatable bonds is 8. The molecule has 0 spiro atoms. The van der Waals surface area contributed by atoms with E-state index in [1.807, 2.05) is 67.7 Å². The SMILES string of the molecule is Cc1nc2c(=O)[nH]c1CCCCNC(=O)[C@H](CCCCN)NC(=O)[C@@H](Cc1c[nH]c3ccccc13)NC(=O)[C@H](Cc1ccccc1)NC(=O)CC2. The predicted molar refractivity (Wildman–Crippen MR) is 195 cm³/mol. The van der Waals surface area contributed by atoms with Crippen molar-refractivity contribution in [3.8, 4) is 0 Å². The Morgan fingerprint density at radius 2 is 1.49 bits per heavy atom. The van der Waals surface area contributed by atoms with Crippen molar-refractivity contribution in [3.05, 3.63) is 99.4 Å². The quantitative estimate of drug-likeness (QED) is 0.108. The molecule has 4 heterocycles. The molecule has 51 heavy (non-hydrogen) atoms. The zero-order chi connectivity index (χ0) is 36.2. The molecule has 0 aliphatic carbocycles. The Labute approximate surface area is 297 Å². The summed E-state index contributed by atoms with van der Waals surface area (Å²) in [7, 11) is 0. The van der Waals surface area contributed by atoms with Crippen LogP contribution in [-0.2, 0) is 44.9 Å². The van der Waals surface area contributed by atoms with Crippen LogP contribution in [0.25, 0.3) is 10.9 Å². The van der Waals surface area contributed by atoms with E-state index < -0.39 is 35.8 Å². The second kappa shape index (κ2) is 18.1. The van der Waals surface area contributed by atoms with Crippen LogP contribution in [0, 0.1) is 6.92 Å². The lowest BCUT2D eigenvalue weighted by Gasteiger charge is -2.25. The lowest BCUT2D eigenvalue weighted by molar-refractivity contribution is -0.133. The normalized spacial score (nSPS) is 19.8. The first-order valence-corrected chi connectivity index (χ1v) is 17.8. The largest absolute Gasteiger partial charge is 0.361 e. The van der Waals surface area contributed by atoms with Crippen LogP contribution < -0.4 is 32.6 Å². The Hall–Kier alpha value is -5.30. The Morgan fingerprint density at radius 3 is 2.27 bits per heavy atom. The number of unbranched alkanes of at least 4 members (excludes halogenated alkanes) is 1. The molecule has 8 N–H and O–H groups in total. The van der Waals surface area contributed by atoms with E-state index in [1.54, 1.807) is 0 Å². The van der Waals surface area contributed by atoms with E-state index in [1.165, 1.54) is 0 Å². The van der Waals surface area contributed by atoms with Crippen molar-refractivity contribution in [2.24, 2.45) is 5.73 Å². The van der Waals surface area contributed by atoms with E-state index in [2.05, 4.69) is 36.2 Å². The predicted octanol–water partition coefficient (Wildman–Crippen LogP) is 2.01. The van der Waals surface area contributed by atoms with E-state index in [4.69, 9.17) is 5.73 Å². The maximum atomic E-state index is 14.1. The molecule has 0 unspecified atom stereocenters. The van der Waals surface area contributed by atoms with Gasteiger partial charge < -0.3 is 37.0 Å². The topological polar surface area (TPSA) is 204 Å². The third-order valence-electron chi connectivity index (χ3n) is 9.25. The smallest absolute Gasteiger partial charge is 0.269 e. The van der Waals surface area contributed by atoms with Gasteiger partial charge in [-0.2, -0.15) is 0 Å². The van der Waals surface area contributed by atoms with Gasteiger partial charge >= 0.3 is 0 Å². The fourth-order valence-corrected chi connectivity index (χ4v) is 6.39. The van der Waals surface area contributed by atoms with Gasteiger partial charge in [0.1, 0.15) is 23.8 Å². The highest BCUT2D eigenvalue weighted by atomic mass is 16.2. The number of carbonyl (C=O) groups is 4. The molecule has 0 saturated carbocycles. The van der Waals surface area contributed by atoms with E-state index in [9.17, 15) is 24.0 Å². The van der Waals surface area contributed by atoms with Crippen molar-refractivity contribution in [3.63, 3.8) is 0 Å². The van der Waals surface area contributed by atoms with Crippen molar-refractivity contribution in [2.45, 2.75) is 89.3 Å². The third kappa shape index (κ3) is 10.4. The highest BCUT2D eigenvalue weighted by Crippen LogP contribution is 2.20. The van der Waals surface area contributed by atoms with Crippen molar-refractivity contribution < 1.29 is 19.2 Å². The summed E-state index contributed by atoms with van der Waals surface area (Å²) in [5, 5.41) is 12.5. The van der Waals surface area contributed by atoms with Crippen LogP contribution in [0.15, 0.2) is 65.6 Å². The van der Waals surface area contributed by atoms with E-state index in [0.29, 0.717) is 63.0 Å². The molecular formula is C38H48N8O5. The summed E-state index contributed by atoms with van der Waals surface area (Å²) >= 11 is 0. The van der Waals surface area contributed by atoms with E-state index in [-0.39, 0.29) is 42.8 Å². The zero-order valence-corrected chi connectivity index (χ0v) is 29.1. The fourth-order valence-electron chi connectivity index (χ4n) is 6.39. The molecular weight excluding hydrogens is 648 g/mol. The maximum absolute atomic E-state index is 14.1. The molecule has 0 saturated heterocycles. The lowest BCUT2D eigenvalue weighted by Crippen LogP contribution is -2.57. The molecule has 6 rings (SSSR count). The average Bonchev–Trinajstić information content (AvgIpc) is 3.53. The Bertz CT molecular complexity index is 1870. The van der Waals surface area contributed by atoms with Gasteiger partial charge in [0.2, 0.25) is 23.6 Å². The van der Waals surface area contributed by atoms with E-state index in [0.717, 1.165) is 22.0 Å². The summed E-state index contributed by atoms with van der Waals surface area (Å²) in [6, 6.07) is 14.0. The molecule has 0 radical (unpaired) electrons. The van der Waals surface area contributed by atoms with Crippen molar-refractivity contribution >= 4 is 34.5 Å². The van der Waals surface area contributed by atoms with Gasteiger partial charge in [0.05, 0.1) is 5.69 Å². The first-order valence-electron chi connectivity index (χ1n) is 17.8. The van der Waals surface area contributed by atoms with Gasteiger partial charge in [0.25, 0.3) is 5.56 Å². The van der Waals surface area contributed by atoms with Crippen LogP contribution in [0.1, 0.15) is 66.7 Å².